The largest absolute Gasteiger partial charge is 0.505 e. The number of carbonyl (C=O) groups excluding carboxylic acids is 1. The third-order valence-electron chi connectivity index (χ3n) is 7.12. The van der Waals surface area contributed by atoms with E-state index in [-0.39, 0.29) is 17.1 Å². The minimum atomic E-state index is -0.261. The van der Waals surface area contributed by atoms with E-state index in [4.69, 9.17) is 0 Å². The van der Waals surface area contributed by atoms with Crippen molar-refractivity contribution < 1.29 is 14.5 Å². The van der Waals surface area contributed by atoms with E-state index in [1.807, 2.05) is 90.9 Å². The minimum absolute atomic E-state index is 0.110. The van der Waals surface area contributed by atoms with E-state index in [0.29, 0.717) is 17.1 Å². The summed E-state index contributed by atoms with van der Waals surface area (Å²) < 4.78 is 4.19. The normalized spacial score (nSPS) is 15.3. The number of benzene rings is 2. The van der Waals surface area contributed by atoms with E-state index in [2.05, 4.69) is 48.7 Å². The van der Waals surface area contributed by atoms with E-state index in [0.717, 1.165) is 56.1 Å². The molecular weight excluding hydrogens is 538 g/mol. The number of imidazole rings is 1. The highest BCUT2D eigenvalue weighted by Crippen LogP contribution is 2.24. The van der Waals surface area contributed by atoms with E-state index < -0.39 is 0 Å². The highest BCUT2D eigenvalue weighted by Gasteiger charge is 2.24. The second kappa shape index (κ2) is 14.1. The number of rotatable bonds is 13. The fourth-order valence-corrected chi connectivity index (χ4v) is 4.72. The van der Waals surface area contributed by atoms with Crippen molar-refractivity contribution in [2.45, 2.75) is 26.3 Å². The zero-order valence-corrected chi connectivity index (χ0v) is 24.6. The first-order chi connectivity index (χ1) is 20.9. The molecule has 0 atom stereocenters. The van der Waals surface area contributed by atoms with E-state index >= 15 is 0 Å². The lowest BCUT2D eigenvalue weighted by molar-refractivity contribution is -0.671. The van der Waals surface area contributed by atoms with Crippen molar-refractivity contribution >= 4 is 34.2 Å². The zero-order valence-electron chi connectivity index (χ0n) is 24.6. The minimum Gasteiger partial charge on any atom is -0.505 e. The van der Waals surface area contributed by atoms with Crippen molar-refractivity contribution in [3.8, 4) is 0 Å². The van der Waals surface area contributed by atoms with Gasteiger partial charge in [0.1, 0.15) is 23.9 Å². The van der Waals surface area contributed by atoms with Crippen LogP contribution in [-0.4, -0.2) is 45.7 Å². The first kappa shape index (κ1) is 29.2. The molecule has 9 nitrogen and oxygen atoms in total. The predicted octanol–water partition coefficient (Wildman–Crippen LogP) is 5.60. The lowest BCUT2D eigenvalue weighted by Gasteiger charge is -2.17. The van der Waals surface area contributed by atoms with Gasteiger partial charge < -0.3 is 26.0 Å². The van der Waals surface area contributed by atoms with Crippen molar-refractivity contribution in [3.63, 3.8) is 0 Å². The Kier molecular flexibility index (Phi) is 9.56. The van der Waals surface area contributed by atoms with Crippen LogP contribution in [0.1, 0.15) is 19.8 Å². The summed E-state index contributed by atoms with van der Waals surface area (Å²) in [6.07, 6.45) is 17.6. The zero-order chi connectivity index (χ0) is 30.0. The number of hydrogen-bond acceptors (Lipinski definition) is 7. The summed E-state index contributed by atoms with van der Waals surface area (Å²) in [6.45, 7) is 5.16. The van der Waals surface area contributed by atoms with Crippen LogP contribution >= 0.6 is 0 Å². The highest BCUT2D eigenvalue weighted by atomic mass is 16.3. The smallest absolute Gasteiger partial charge is 0.243 e. The molecule has 0 amide bonds. The molecule has 0 unspecified atom stereocenters. The summed E-state index contributed by atoms with van der Waals surface area (Å²) in [5.41, 5.74) is 7.49. The molecule has 2 aromatic carbocycles. The third-order valence-corrected chi connectivity index (χ3v) is 7.12. The highest BCUT2D eigenvalue weighted by molar-refractivity contribution is 6.24. The van der Waals surface area contributed by atoms with Gasteiger partial charge in [-0.1, -0.05) is 0 Å². The molecular formula is C34H38N7O2+. The van der Waals surface area contributed by atoms with Crippen LogP contribution in [0.2, 0.25) is 0 Å². The number of aromatic nitrogens is 2. The quantitative estimate of drug-likeness (QED) is 0.0916. The number of nitrogens with zero attached hydrogens (tertiary/aromatic N) is 4. The summed E-state index contributed by atoms with van der Waals surface area (Å²) in [5, 5.41) is 20.8. The summed E-state index contributed by atoms with van der Waals surface area (Å²) in [6, 6.07) is 15.5. The van der Waals surface area contributed by atoms with Crippen LogP contribution in [0.25, 0.3) is 0 Å². The van der Waals surface area contributed by atoms with Gasteiger partial charge in [0.15, 0.2) is 0 Å². The molecule has 1 aliphatic carbocycles. The Labute approximate surface area is 252 Å². The number of anilines is 3. The Hall–Kier alpha value is -5.27. The summed E-state index contributed by atoms with van der Waals surface area (Å²) in [5.74, 6) is -0.371. The summed E-state index contributed by atoms with van der Waals surface area (Å²) in [7, 11) is 2.01. The fraction of sp³-hybridized carbons (Fsp3) is 0.235. The maximum atomic E-state index is 12.9. The van der Waals surface area contributed by atoms with Gasteiger partial charge in [0.25, 0.3) is 0 Å². The molecule has 3 aromatic rings. The Bertz CT molecular complexity index is 1620. The van der Waals surface area contributed by atoms with Crippen molar-refractivity contribution in [1.29, 1.82) is 0 Å². The molecule has 0 bridgehead atoms. The van der Waals surface area contributed by atoms with Crippen LogP contribution in [0.5, 0.6) is 0 Å². The van der Waals surface area contributed by atoms with Crippen LogP contribution in [0, 0.1) is 0 Å². The molecule has 9 heteroatoms. The molecule has 1 aliphatic heterocycles. The molecule has 2 heterocycles. The maximum Gasteiger partial charge on any atom is 0.243 e. The number of ketones is 1. The Balaban J connectivity index is 1.15. The van der Waals surface area contributed by atoms with Gasteiger partial charge in [-0.15, -0.1) is 5.73 Å². The second-order valence-electron chi connectivity index (χ2n) is 10.5. The molecule has 1 aromatic heterocycles. The van der Waals surface area contributed by atoms with Crippen molar-refractivity contribution in [2.75, 3.05) is 35.6 Å². The SMILES string of the molecule is CC1=C(O)C(=Nc2ccc(NCCCN3C=C=CC=C3)cc2)C=C(Nc2ccc(NCCCn3cc[n+](C)c3)cc2)C1=O. The van der Waals surface area contributed by atoms with E-state index in [1.54, 1.807) is 13.0 Å². The standard InChI is InChI=1S/C34H37N7O2/c1-26-33(42)31(37-29-12-8-27(9-13-29)35-16-6-20-40-18-4-3-5-19-40)24-32(34(26)43)38-30-14-10-28(11-15-30)36-17-7-21-41-23-22-39(2)25-41/h3-4,8-15,18-19,22-25H,6-7,16-17,20-21H2,1-2H3,(H3-,35,36,37,38,42,43)/p+1. The first-order valence-electron chi connectivity index (χ1n) is 14.5. The van der Waals surface area contributed by atoms with Gasteiger partial charge in [-0.25, -0.2) is 14.1 Å². The van der Waals surface area contributed by atoms with Crippen LogP contribution in [0.4, 0.5) is 22.7 Å². The van der Waals surface area contributed by atoms with Gasteiger partial charge in [0.05, 0.1) is 25.0 Å². The average Bonchev–Trinajstić information content (AvgIpc) is 3.45. The van der Waals surface area contributed by atoms with Crippen molar-refractivity contribution in [1.82, 2.24) is 9.47 Å². The van der Waals surface area contributed by atoms with E-state index in [9.17, 15) is 9.90 Å². The van der Waals surface area contributed by atoms with Crippen molar-refractivity contribution in [2.24, 2.45) is 12.0 Å². The van der Waals surface area contributed by atoms with Gasteiger partial charge in [-0.05, 0) is 80.1 Å². The summed E-state index contributed by atoms with van der Waals surface area (Å²) >= 11 is 0. The Morgan fingerprint density at radius 2 is 1.63 bits per heavy atom. The molecule has 0 spiro atoms. The van der Waals surface area contributed by atoms with Crippen LogP contribution in [-0.2, 0) is 18.4 Å². The molecule has 0 saturated carbocycles. The number of aliphatic hydroxyl groups excluding tert-OH is 1. The topological polar surface area (TPSA) is 97.8 Å². The molecule has 5 rings (SSSR count). The second-order valence-corrected chi connectivity index (χ2v) is 10.5. The maximum absolute atomic E-state index is 12.9. The third kappa shape index (κ3) is 8.15. The van der Waals surface area contributed by atoms with Crippen LogP contribution in [0.3, 0.4) is 0 Å². The lowest BCUT2D eigenvalue weighted by atomic mass is 9.99. The number of nitrogens with one attached hydrogen (secondary N) is 3. The Morgan fingerprint density at radius 1 is 0.953 bits per heavy atom. The first-order valence-corrected chi connectivity index (χ1v) is 14.5. The number of allylic oxidation sites excluding steroid dienone is 4. The molecule has 0 radical (unpaired) electrons. The number of aliphatic imine (C=N–C) groups is 1. The fourth-order valence-electron chi connectivity index (χ4n) is 4.72. The lowest BCUT2D eigenvalue weighted by Crippen LogP contribution is -2.23. The number of Topliss-reactive ketones (excluding diaryl/α,β-unsaturated/α-hetero) is 1. The van der Waals surface area contributed by atoms with Crippen LogP contribution < -0.4 is 20.5 Å². The average molecular weight is 577 g/mol. The monoisotopic (exact) mass is 576 g/mol. The predicted molar refractivity (Wildman–Crippen MR) is 172 cm³/mol. The van der Waals surface area contributed by atoms with Gasteiger partial charge in [0, 0.05) is 61.1 Å². The van der Waals surface area contributed by atoms with Gasteiger partial charge in [0.2, 0.25) is 12.1 Å². The molecule has 0 fully saturated rings. The number of hydrogen-bond donors (Lipinski definition) is 4. The molecule has 43 heavy (non-hydrogen) atoms. The Morgan fingerprint density at radius 3 is 2.28 bits per heavy atom. The van der Waals surface area contributed by atoms with Gasteiger partial charge in [-0.3, -0.25) is 4.79 Å². The molecule has 4 N–H and O–H groups in total. The molecule has 220 valence electrons. The number of aliphatic hydroxyl groups is 1. The van der Waals surface area contributed by atoms with Gasteiger partial charge >= 0.3 is 0 Å². The number of aryl methyl sites for hydroxylation is 2. The molecule has 0 saturated heterocycles. The number of carbonyl (C=O) groups is 1. The summed E-state index contributed by atoms with van der Waals surface area (Å²) in [4.78, 5) is 19.7. The molecule has 2 aliphatic rings. The van der Waals surface area contributed by atoms with Gasteiger partial charge in [-0.2, -0.15) is 0 Å². The van der Waals surface area contributed by atoms with E-state index in [1.165, 1.54) is 0 Å². The van der Waals surface area contributed by atoms with Crippen molar-refractivity contribution in [3.05, 3.63) is 121 Å². The van der Waals surface area contributed by atoms with Crippen LogP contribution in [0.15, 0.2) is 126 Å².